The number of rotatable bonds is 1. The largest absolute Gasteiger partial charge is 0.705 e. The summed E-state index contributed by atoms with van der Waals surface area (Å²) in [5.74, 6) is 0.340. The standard InChI is InChI=1S/C5H4N3/c6-8-5-3-1-2-4-7-5/h1-4H/q-1. The Balaban J connectivity index is 2.99. The molecule has 1 heterocycles. The van der Waals surface area contributed by atoms with Gasteiger partial charge in [0.1, 0.15) is 5.82 Å². The van der Waals surface area contributed by atoms with E-state index >= 15 is 0 Å². The van der Waals surface area contributed by atoms with Crippen molar-refractivity contribution >= 4 is 5.82 Å². The van der Waals surface area contributed by atoms with Gasteiger partial charge in [-0.25, -0.2) is 4.98 Å². The third-order valence-electron chi connectivity index (χ3n) is 0.752. The maximum atomic E-state index is 8.10. The van der Waals surface area contributed by atoms with Gasteiger partial charge in [0.15, 0.2) is 0 Å². The molecule has 0 atom stereocenters. The van der Waals surface area contributed by atoms with Gasteiger partial charge in [-0.2, -0.15) is 0 Å². The summed E-state index contributed by atoms with van der Waals surface area (Å²) < 4.78 is 0. The highest BCUT2D eigenvalue weighted by atomic mass is 15.0. The highest BCUT2D eigenvalue weighted by Gasteiger charge is 1.75. The molecule has 0 spiro atoms. The van der Waals surface area contributed by atoms with Gasteiger partial charge in [-0.3, -0.25) is 0 Å². The number of pyridine rings is 1. The lowest BCUT2D eigenvalue weighted by atomic mass is 10.5. The molecule has 0 N–H and O–H groups in total. The minimum absolute atomic E-state index is 0.340. The van der Waals surface area contributed by atoms with Crippen LogP contribution in [-0.2, 0) is 0 Å². The minimum atomic E-state index is 0.340. The van der Waals surface area contributed by atoms with Crippen LogP contribution in [0.25, 0.3) is 5.53 Å². The summed E-state index contributed by atoms with van der Waals surface area (Å²) in [5, 5.41) is 2.86. The first kappa shape index (κ1) is 4.90. The van der Waals surface area contributed by atoms with Crippen LogP contribution in [-0.4, -0.2) is 4.98 Å². The van der Waals surface area contributed by atoms with Crippen LogP contribution < -0.4 is 0 Å². The normalized spacial score (nSPS) is 8.50. The number of aromatic nitrogens is 1. The molecule has 0 aromatic carbocycles. The molecule has 1 rings (SSSR count). The summed E-state index contributed by atoms with van der Waals surface area (Å²) >= 11 is 0. The smallest absolute Gasteiger partial charge is 0.131 e. The summed E-state index contributed by atoms with van der Waals surface area (Å²) in [6.07, 6.45) is 1.56. The summed E-state index contributed by atoms with van der Waals surface area (Å²) in [6.45, 7) is 0. The van der Waals surface area contributed by atoms with Gasteiger partial charge in [0.05, 0.1) is 0 Å². The van der Waals surface area contributed by atoms with Crippen LogP contribution >= 0.6 is 0 Å². The molecular weight excluding hydrogens is 102 g/mol. The third-order valence-corrected chi connectivity index (χ3v) is 0.752. The van der Waals surface area contributed by atoms with Crippen molar-refractivity contribution in [2.75, 3.05) is 0 Å². The Labute approximate surface area is 46.9 Å². The molecule has 0 unspecified atom stereocenters. The van der Waals surface area contributed by atoms with E-state index in [1.54, 1.807) is 24.4 Å². The van der Waals surface area contributed by atoms with E-state index in [1.807, 2.05) is 0 Å². The molecule has 0 amide bonds. The lowest BCUT2D eigenvalue weighted by Gasteiger charge is -1.90. The van der Waals surface area contributed by atoms with E-state index in [4.69, 9.17) is 5.53 Å². The average molecular weight is 106 g/mol. The maximum absolute atomic E-state index is 8.10. The lowest BCUT2D eigenvalue weighted by molar-refractivity contribution is 1.27. The lowest BCUT2D eigenvalue weighted by Crippen LogP contribution is -1.65. The highest BCUT2D eigenvalue weighted by Crippen LogP contribution is 2.02. The van der Waals surface area contributed by atoms with Crippen LogP contribution in [0, 0.1) is 0 Å². The summed E-state index contributed by atoms with van der Waals surface area (Å²) in [4.78, 5) is 3.68. The zero-order chi connectivity index (χ0) is 5.82. The Morgan fingerprint density at radius 3 is 2.75 bits per heavy atom. The highest BCUT2D eigenvalue weighted by molar-refractivity contribution is 5.23. The first-order valence-corrected chi connectivity index (χ1v) is 2.19. The van der Waals surface area contributed by atoms with Gasteiger partial charge in [-0.05, 0) is 12.1 Å². The molecule has 8 heavy (non-hydrogen) atoms. The SMILES string of the molecule is [N-]=Nc1ccccn1. The van der Waals surface area contributed by atoms with Gasteiger partial charge in [-0.15, -0.1) is 0 Å². The number of hydrogen-bond donors (Lipinski definition) is 0. The van der Waals surface area contributed by atoms with E-state index in [1.165, 1.54) is 0 Å². The Kier molecular flexibility index (Phi) is 1.32. The van der Waals surface area contributed by atoms with Gasteiger partial charge in [-0.1, -0.05) is 6.07 Å². The molecular formula is C5H4N3-. The van der Waals surface area contributed by atoms with Crippen molar-refractivity contribution in [1.29, 1.82) is 0 Å². The molecule has 40 valence electrons. The molecule has 0 aliphatic carbocycles. The second-order valence-electron chi connectivity index (χ2n) is 1.29. The fraction of sp³-hybridized carbons (Fsp3) is 0. The van der Waals surface area contributed by atoms with E-state index in [2.05, 4.69) is 10.1 Å². The maximum Gasteiger partial charge on any atom is 0.131 e. The molecule has 0 radical (unpaired) electrons. The minimum Gasteiger partial charge on any atom is -0.705 e. The van der Waals surface area contributed by atoms with E-state index < -0.39 is 0 Å². The molecule has 0 aliphatic rings. The third kappa shape index (κ3) is 0.872. The van der Waals surface area contributed by atoms with Crippen LogP contribution in [0.3, 0.4) is 0 Å². The predicted molar refractivity (Wildman–Crippen MR) is 29.7 cm³/mol. The van der Waals surface area contributed by atoms with Crippen molar-refractivity contribution in [3.8, 4) is 0 Å². The summed E-state index contributed by atoms with van der Waals surface area (Å²) in [7, 11) is 0. The zero-order valence-electron chi connectivity index (χ0n) is 4.15. The summed E-state index contributed by atoms with van der Waals surface area (Å²) in [6, 6.07) is 5.12. The van der Waals surface area contributed by atoms with Gasteiger partial charge >= 0.3 is 0 Å². The molecule has 0 aliphatic heterocycles. The zero-order valence-corrected chi connectivity index (χ0v) is 4.15. The average Bonchev–Trinajstić information content (AvgIpc) is 1.90. The Hall–Kier alpha value is -1.25. The van der Waals surface area contributed by atoms with Gasteiger partial charge in [0, 0.05) is 6.20 Å². The number of nitrogens with zero attached hydrogens (tertiary/aromatic N) is 3. The molecule has 0 saturated heterocycles. The Morgan fingerprint density at radius 2 is 2.38 bits per heavy atom. The van der Waals surface area contributed by atoms with Crippen LogP contribution in [0.5, 0.6) is 0 Å². The topological polar surface area (TPSA) is 47.5 Å². The van der Waals surface area contributed by atoms with Crippen LogP contribution in [0.4, 0.5) is 5.82 Å². The molecule has 1 aromatic rings. The summed E-state index contributed by atoms with van der Waals surface area (Å²) in [5.41, 5.74) is 8.10. The second-order valence-corrected chi connectivity index (χ2v) is 1.29. The van der Waals surface area contributed by atoms with Crippen molar-refractivity contribution in [3.05, 3.63) is 29.9 Å². The molecule has 1 aromatic heterocycles. The molecule has 0 bridgehead atoms. The van der Waals surface area contributed by atoms with Crippen LogP contribution in [0.1, 0.15) is 0 Å². The van der Waals surface area contributed by atoms with Crippen LogP contribution in [0.2, 0.25) is 0 Å². The van der Waals surface area contributed by atoms with E-state index in [-0.39, 0.29) is 0 Å². The van der Waals surface area contributed by atoms with Crippen molar-refractivity contribution in [1.82, 2.24) is 4.98 Å². The number of hydrogen-bond acceptors (Lipinski definition) is 2. The van der Waals surface area contributed by atoms with Crippen LogP contribution in [0.15, 0.2) is 29.5 Å². The molecule has 3 heteroatoms. The van der Waals surface area contributed by atoms with Gasteiger partial charge in [0.25, 0.3) is 0 Å². The molecule has 0 saturated carbocycles. The van der Waals surface area contributed by atoms with Gasteiger partial charge in [0.2, 0.25) is 0 Å². The monoisotopic (exact) mass is 106 g/mol. The van der Waals surface area contributed by atoms with Crippen molar-refractivity contribution < 1.29 is 0 Å². The van der Waals surface area contributed by atoms with Gasteiger partial charge < -0.3 is 10.6 Å². The fourth-order valence-electron chi connectivity index (χ4n) is 0.413. The Bertz CT molecular complexity index is 170. The van der Waals surface area contributed by atoms with E-state index in [0.29, 0.717) is 5.82 Å². The fourth-order valence-corrected chi connectivity index (χ4v) is 0.413. The second kappa shape index (κ2) is 2.16. The Morgan fingerprint density at radius 1 is 1.50 bits per heavy atom. The quantitative estimate of drug-likeness (QED) is 0.503. The van der Waals surface area contributed by atoms with Crippen molar-refractivity contribution in [2.45, 2.75) is 0 Å². The van der Waals surface area contributed by atoms with Crippen molar-refractivity contribution in [2.24, 2.45) is 5.11 Å². The van der Waals surface area contributed by atoms with Crippen molar-refractivity contribution in [3.63, 3.8) is 0 Å². The molecule has 3 nitrogen and oxygen atoms in total. The molecule has 0 fully saturated rings. The first-order valence-electron chi connectivity index (χ1n) is 2.19. The predicted octanol–water partition coefficient (Wildman–Crippen LogP) is 1.73. The first-order chi connectivity index (χ1) is 3.93. The van der Waals surface area contributed by atoms with E-state index in [0.717, 1.165) is 0 Å². The van der Waals surface area contributed by atoms with E-state index in [9.17, 15) is 0 Å².